The summed E-state index contributed by atoms with van der Waals surface area (Å²) < 4.78 is 0. The molecule has 1 aromatic heterocycles. The molecule has 0 bridgehead atoms. The number of hydrogen-bond donors (Lipinski definition) is 3. The Hall–Kier alpha value is -2.14. The van der Waals surface area contributed by atoms with E-state index in [1.165, 1.54) is 0 Å². The number of rotatable bonds is 6. The second kappa shape index (κ2) is 6.70. The first-order valence-corrected chi connectivity index (χ1v) is 6.31. The summed E-state index contributed by atoms with van der Waals surface area (Å²) in [5, 5.41) is 15.4. The van der Waals surface area contributed by atoms with Crippen LogP contribution in [0.1, 0.15) is 18.1 Å². The lowest BCUT2D eigenvalue weighted by Crippen LogP contribution is -2.06. The molecule has 2 rings (SSSR count). The fraction of sp³-hybridized carbons (Fsp3) is 0.286. The first kappa shape index (κ1) is 13.3. The van der Waals surface area contributed by atoms with E-state index in [-0.39, 0.29) is 6.61 Å². The highest BCUT2D eigenvalue weighted by Crippen LogP contribution is 2.09. The number of benzene rings is 1. The number of hydrogen-bond acceptors (Lipinski definition) is 5. The highest BCUT2D eigenvalue weighted by atomic mass is 16.3. The first-order chi connectivity index (χ1) is 9.31. The van der Waals surface area contributed by atoms with Gasteiger partial charge in [0.2, 0.25) is 5.95 Å². The second-order valence-corrected chi connectivity index (χ2v) is 4.13. The van der Waals surface area contributed by atoms with Crippen molar-refractivity contribution in [3.05, 3.63) is 47.7 Å². The predicted octanol–water partition coefficient (Wildman–Crippen LogP) is 2.01. The van der Waals surface area contributed by atoms with E-state index in [0.717, 1.165) is 23.5 Å². The maximum atomic E-state index is 9.09. The average molecular weight is 258 g/mol. The monoisotopic (exact) mass is 258 g/mol. The van der Waals surface area contributed by atoms with Crippen molar-refractivity contribution >= 4 is 11.8 Å². The third-order valence-electron chi connectivity index (χ3n) is 2.64. The van der Waals surface area contributed by atoms with Crippen molar-refractivity contribution in [2.45, 2.75) is 20.1 Å². The Balaban J connectivity index is 1.99. The summed E-state index contributed by atoms with van der Waals surface area (Å²) in [5.41, 5.74) is 1.99. The standard InChI is InChI=1S/C14H18N4O/c1-2-15-13-6-7-16-14(18-13)17-9-11-4-3-5-12(8-11)10-19/h3-8,19H,2,9-10H2,1H3,(H2,15,16,17,18). The lowest BCUT2D eigenvalue weighted by Gasteiger charge is -2.08. The third kappa shape index (κ3) is 3.93. The van der Waals surface area contributed by atoms with Crippen molar-refractivity contribution in [1.29, 1.82) is 0 Å². The van der Waals surface area contributed by atoms with E-state index in [1.54, 1.807) is 6.20 Å². The molecule has 0 aliphatic carbocycles. The maximum absolute atomic E-state index is 9.09. The summed E-state index contributed by atoms with van der Waals surface area (Å²) in [6.07, 6.45) is 1.72. The van der Waals surface area contributed by atoms with Crippen molar-refractivity contribution < 1.29 is 5.11 Å². The molecule has 100 valence electrons. The van der Waals surface area contributed by atoms with Crippen LogP contribution >= 0.6 is 0 Å². The van der Waals surface area contributed by atoms with Gasteiger partial charge in [-0.15, -0.1) is 0 Å². The normalized spacial score (nSPS) is 10.2. The van der Waals surface area contributed by atoms with E-state index in [1.807, 2.05) is 37.3 Å². The molecule has 0 fully saturated rings. The van der Waals surface area contributed by atoms with E-state index in [2.05, 4.69) is 20.6 Å². The van der Waals surface area contributed by atoms with Crippen LogP contribution in [-0.2, 0) is 13.2 Å². The van der Waals surface area contributed by atoms with Gasteiger partial charge < -0.3 is 15.7 Å². The van der Waals surface area contributed by atoms with Gasteiger partial charge in [0, 0.05) is 19.3 Å². The molecule has 0 saturated carbocycles. The average Bonchev–Trinajstić information content (AvgIpc) is 2.46. The molecule has 0 aliphatic heterocycles. The smallest absolute Gasteiger partial charge is 0.224 e. The molecule has 2 aromatic rings. The van der Waals surface area contributed by atoms with Gasteiger partial charge in [0.25, 0.3) is 0 Å². The molecule has 0 unspecified atom stereocenters. The van der Waals surface area contributed by atoms with Crippen LogP contribution in [0.4, 0.5) is 11.8 Å². The number of anilines is 2. The number of aliphatic hydroxyl groups excluding tert-OH is 1. The molecule has 5 nitrogen and oxygen atoms in total. The zero-order valence-corrected chi connectivity index (χ0v) is 10.9. The summed E-state index contributed by atoms with van der Waals surface area (Å²) >= 11 is 0. The van der Waals surface area contributed by atoms with Crippen LogP contribution < -0.4 is 10.6 Å². The van der Waals surface area contributed by atoms with E-state index < -0.39 is 0 Å². The minimum absolute atomic E-state index is 0.0558. The number of aromatic nitrogens is 2. The number of nitrogens with zero attached hydrogens (tertiary/aromatic N) is 2. The summed E-state index contributed by atoms with van der Waals surface area (Å²) in [5.74, 6) is 1.40. The minimum atomic E-state index is 0.0558. The van der Waals surface area contributed by atoms with Crippen molar-refractivity contribution in [1.82, 2.24) is 9.97 Å². The van der Waals surface area contributed by atoms with Gasteiger partial charge in [-0.1, -0.05) is 24.3 Å². The van der Waals surface area contributed by atoms with E-state index in [0.29, 0.717) is 12.5 Å². The summed E-state index contributed by atoms with van der Waals surface area (Å²) in [7, 11) is 0. The zero-order valence-electron chi connectivity index (χ0n) is 10.9. The molecule has 1 heterocycles. The van der Waals surface area contributed by atoms with E-state index in [9.17, 15) is 0 Å². The van der Waals surface area contributed by atoms with Crippen molar-refractivity contribution in [2.75, 3.05) is 17.2 Å². The largest absolute Gasteiger partial charge is 0.392 e. The minimum Gasteiger partial charge on any atom is -0.392 e. The maximum Gasteiger partial charge on any atom is 0.224 e. The van der Waals surface area contributed by atoms with Crippen LogP contribution in [0.3, 0.4) is 0 Å². The molecule has 0 atom stereocenters. The molecular weight excluding hydrogens is 240 g/mol. The molecule has 5 heteroatoms. The Bertz CT molecular complexity index is 530. The van der Waals surface area contributed by atoms with Crippen LogP contribution in [0.2, 0.25) is 0 Å². The van der Waals surface area contributed by atoms with Crippen LogP contribution in [-0.4, -0.2) is 21.6 Å². The molecular formula is C14H18N4O. The Morgan fingerprint density at radius 3 is 2.79 bits per heavy atom. The molecule has 19 heavy (non-hydrogen) atoms. The van der Waals surface area contributed by atoms with Gasteiger partial charge >= 0.3 is 0 Å². The SMILES string of the molecule is CCNc1ccnc(NCc2cccc(CO)c2)n1. The fourth-order valence-corrected chi connectivity index (χ4v) is 1.74. The van der Waals surface area contributed by atoms with Gasteiger partial charge in [-0.3, -0.25) is 0 Å². The Morgan fingerprint density at radius 2 is 2.00 bits per heavy atom. The van der Waals surface area contributed by atoms with Crippen molar-refractivity contribution in [3.8, 4) is 0 Å². The summed E-state index contributed by atoms with van der Waals surface area (Å²) in [4.78, 5) is 8.51. The lowest BCUT2D eigenvalue weighted by molar-refractivity contribution is 0.281. The topological polar surface area (TPSA) is 70.1 Å². The van der Waals surface area contributed by atoms with Crippen LogP contribution in [0.15, 0.2) is 36.5 Å². The van der Waals surface area contributed by atoms with Gasteiger partial charge in [-0.2, -0.15) is 4.98 Å². The van der Waals surface area contributed by atoms with E-state index >= 15 is 0 Å². The number of nitrogens with one attached hydrogen (secondary N) is 2. The van der Waals surface area contributed by atoms with Gasteiger partial charge in [0.15, 0.2) is 0 Å². The fourth-order valence-electron chi connectivity index (χ4n) is 1.74. The molecule has 0 radical (unpaired) electrons. The second-order valence-electron chi connectivity index (χ2n) is 4.13. The van der Waals surface area contributed by atoms with Crippen LogP contribution in [0.25, 0.3) is 0 Å². The summed E-state index contributed by atoms with van der Waals surface area (Å²) in [6.45, 7) is 3.54. The van der Waals surface area contributed by atoms with Gasteiger partial charge in [-0.25, -0.2) is 4.98 Å². The Labute approximate surface area is 112 Å². The lowest BCUT2D eigenvalue weighted by atomic mass is 10.1. The molecule has 0 amide bonds. The van der Waals surface area contributed by atoms with E-state index in [4.69, 9.17) is 5.11 Å². The van der Waals surface area contributed by atoms with Crippen LogP contribution in [0.5, 0.6) is 0 Å². The molecule has 0 aliphatic rings. The van der Waals surface area contributed by atoms with Gasteiger partial charge in [-0.05, 0) is 24.1 Å². The van der Waals surface area contributed by atoms with Gasteiger partial charge in [0.1, 0.15) is 5.82 Å². The van der Waals surface area contributed by atoms with Crippen molar-refractivity contribution in [2.24, 2.45) is 0 Å². The molecule has 1 aromatic carbocycles. The van der Waals surface area contributed by atoms with Crippen molar-refractivity contribution in [3.63, 3.8) is 0 Å². The zero-order chi connectivity index (χ0) is 13.5. The number of aliphatic hydroxyl groups is 1. The third-order valence-corrected chi connectivity index (χ3v) is 2.64. The summed E-state index contributed by atoms with van der Waals surface area (Å²) in [6, 6.07) is 9.62. The Kier molecular flexibility index (Phi) is 4.69. The molecule has 3 N–H and O–H groups in total. The molecule has 0 spiro atoms. The highest BCUT2D eigenvalue weighted by molar-refractivity contribution is 5.39. The quantitative estimate of drug-likeness (QED) is 0.739. The predicted molar refractivity (Wildman–Crippen MR) is 75.9 cm³/mol. The van der Waals surface area contributed by atoms with Gasteiger partial charge in [0.05, 0.1) is 6.61 Å². The Morgan fingerprint density at radius 1 is 1.16 bits per heavy atom. The van der Waals surface area contributed by atoms with Crippen LogP contribution in [0, 0.1) is 0 Å². The highest BCUT2D eigenvalue weighted by Gasteiger charge is 1.99. The first-order valence-electron chi connectivity index (χ1n) is 6.31. The molecule has 0 saturated heterocycles.